The number of hydrogen-bond acceptors (Lipinski definition) is 3. The van der Waals surface area contributed by atoms with Crippen LogP contribution in [0, 0.1) is 5.92 Å². The lowest BCUT2D eigenvalue weighted by molar-refractivity contribution is -0.149. The smallest absolute Gasteiger partial charge is 0.326 e. The maximum atomic E-state index is 12.9. The quantitative estimate of drug-likeness (QED) is 0.926. The molecule has 23 heavy (non-hydrogen) atoms. The SMILES string of the molecule is COc1ccccc1CC(=O)N1C(C(=O)O)CC2CCCCC21. The van der Waals surface area contributed by atoms with Gasteiger partial charge in [0, 0.05) is 11.6 Å². The van der Waals surface area contributed by atoms with Gasteiger partial charge >= 0.3 is 5.97 Å². The fraction of sp³-hybridized carbons (Fsp3) is 0.556. The Balaban J connectivity index is 1.82. The van der Waals surface area contributed by atoms with E-state index in [-0.39, 0.29) is 18.4 Å². The second-order valence-electron chi connectivity index (χ2n) is 6.49. The van der Waals surface area contributed by atoms with Gasteiger partial charge in [-0.15, -0.1) is 0 Å². The van der Waals surface area contributed by atoms with Crippen molar-refractivity contribution in [1.82, 2.24) is 4.90 Å². The molecule has 0 radical (unpaired) electrons. The molecule has 0 aromatic heterocycles. The third-order valence-corrected chi connectivity index (χ3v) is 5.20. The summed E-state index contributed by atoms with van der Waals surface area (Å²) >= 11 is 0. The number of carboxylic acid groups (broad SMARTS) is 1. The Hall–Kier alpha value is -2.04. The van der Waals surface area contributed by atoms with E-state index in [2.05, 4.69) is 0 Å². The van der Waals surface area contributed by atoms with Crippen molar-refractivity contribution in [1.29, 1.82) is 0 Å². The maximum Gasteiger partial charge on any atom is 0.326 e. The first-order valence-electron chi connectivity index (χ1n) is 8.27. The normalized spacial score (nSPS) is 26.7. The maximum absolute atomic E-state index is 12.9. The number of ether oxygens (including phenoxy) is 1. The molecule has 1 saturated carbocycles. The van der Waals surface area contributed by atoms with Gasteiger partial charge in [0.1, 0.15) is 11.8 Å². The first kappa shape index (κ1) is 15.8. The predicted octanol–water partition coefficient (Wildman–Crippen LogP) is 2.48. The number of hydrogen-bond donors (Lipinski definition) is 1. The van der Waals surface area contributed by atoms with Gasteiger partial charge in [-0.05, 0) is 31.2 Å². The molecule has 1 heterocycles. The van der Waals surface area contributed by atoms with Gasteiger partial charge in [-0.3, -0.25) is 4.79 Å². The van der Waals surface area contributed by atoms with Crippen LogP contribution in [0.15, 0.2) is 24.3 Å². The number of aliphatic carboxylic acids is 1. The standard InChI is InChI=1S/C18H23NO4/c1-23-16-9-5-3-7-13(16)11-17(20)19-14-8-4-2-6-12(14)10-15(19)18(21)22/h3,5,7,9,12,14-15H,2,4,6,8,10-11H2,1H3,(H,21,22). The summed E-state index contributed by atoms with van der Waals surface area (Å²) in [5, 5.41) is 9.53. The molecule has 3 rings (SSSR count). The summed E-state index contributed by atoms with van der Waals surface area (Å²) in [4.78, 5) is 26.1. The summed E-state index contributed by atoms with van der Waals surface area (Å²) in [6.07, 6.45) is 4.96. The third-order valence-electron chi connectivity index (χ3n) is 5.20. The lowest BCUT2D eigenvalue weighted by Gasteiger charge is -2.33. The molecule has 2 fully saturated rings. The van der Waals surface area contributed by atoms with E-state index in [0.29, 0.717) is 18.1 Å². The van der Waals surface area contributed by atoms with E-state index in [9.17, 15) is 14.7 Å². The molecule has 0 spiro atoms. The fourth-order valence-corrected chi connectivity index (χ4v) is 4.14. The number of carbonyl (C=O) groups excluding carboxylic acids is 1. The van der Waals surface area contributed by atoms with Crippen molar-refractivity contribution in [3.8, 4) is 5.75 Å². The van der Waals surface area contributed by atoms with Crippen molar-refractivity contribution in [2.75, 3.05) is 7.11 Å². The average molecular weight is 317 g/mol. The predicted molar refractivity (Wildman–Crippen MR) is 85.3 cm³/mol. The number of fused-ring (bicyclic) bond motifs is 1. The van der Waals surface area contributed by atoms with E-state index >= 15 is 0 Å². The minimum atomic E-state index is -0.882. The Morgan fingerprint density at radius 1 is 1.26 bits per heavy atom. The zero-order valence-electron chi connectivity index (χ0n) is 13.4. The highest BCUT2D eigenvalue weighted by Gasteiger charge is 2.47. The van der Waals surface area contributed by atoms with Gasteiger partial charge < -0.3 is 14.7 Å². The Morgan fingerprint density at radius 2 is 2.00 bits per heavy atom. The van der Waals surface area contributed by atoms with Crippen molar-refractivity contribution >= 4 is 11.9 Å². The first-order valence-corrected chi connectivity index (χ1v) is 8.27. The van der Waals surface area contributed by atoms with Crippen molar-refractivity contribution in [2.45, 2.75) is 50.6 Å². The van der Waals surface area contributed by atoms with Crippen LogP contribution < -0.4 is 4.74 Å². The van der Waals surface area contributed by atoms with Crippen LogP contribution in [0.3, 0.4) is 0 Å². The second-order valence-corrected chi connectivity index (χ2v) is 6.49. The molecule has 1 saturated heterocycles. The fourth-order valence-electron chi connectivity index (χ4n) is 4.14. The molecule has 124 valence electrons. The van der Waals surface area contributed by atoms with Gasteiger partial charge in [-0.1, -0.05) is 31.0 Å². The van der Waals surface area contributed by atoms with Gasteiger partial charge in [0.05, 0.1) is 13.5 Å². The van der Waals surface area contributed by atoms with Gasteiger partial charge in [0.25, 0.3) is 0 Å². The minimum absolute atomic E-state index is 0.0899. The van der Waals surface area contributed by atoms with Crippen LogP contribution in [0.5, 0.6) is 5.75 Å². The highest BCUT2D eigenvalue weighted by Crippen LogP contribution is 2.40. The van der Waals surface area contributed by atoms with Crippen LogP contribution >= 0.6 is 0 Å². The number of carboxylic acids is 1. The van der Waals surface area contributed by atoms with Gasteiger partial charge in [0.2, 0.25) is 5.91 Å². The largest absolute Gasteiger partial charge is 0.496 e. The third kappa shape index (κ3) is 3.05. The minimum Gasteiger partial charge on any atom is -0.496 e. The van der Waals surface area contributed by atoms with Gasteiger partial charge in [0.15, 0.2) is 0 Å². The summed E-state index contributed by atoms with van der Waals surface area (Å²) in [6.45, 7) is 0. The first-order chi connectivity index (χ1) is 11.1. The molecule has 2 aliphatic rings. The number of benzene rings is 1. The molecule has 1 N–H and O–H groups in total. The molecule has 1 aliphatic heterocycles. The van der Waals surface area contributed by atoms with Gasteiger partial charge in [-0.2, -0.15) is 0 Å². The Morgan fingerprint density at radius 3 is 2.74 bits per heavy atom. The zero-order chi connectivity index (χ0) is 16.4. The number of nitrogens with zero attached hydrogens (tertiary/aromatic N) is 1. The van der Waals surface area contributed by atoms with E-state index in [4.69, 9.17) is 4.74 Å². The summed E-state index contributed by atoms with van der Waals surface area (Å²) < 4.78 is 5.30. The van der Waals surface area contributed by atoms with E-state index in [0.717, 1.165) is 31.2 Å². The van der Waals surface area contributed by atoms with Crippen molar-refractivity contribution in [2.24, 2.45) is 5.92 Å². The number of likely N-dealkylation sites (tertiary alicyclic amines) is 1. The zero-order valence-corrected chi connectivity index (χ0v) is 13.4. The Bertz CT molecular complexity index is 600. The molecule has 0 bridgehead atoms. The van der Waals surface area contributed by atoms with E-state index in [1.807, 2.05) is 24.3 Å². The van der Waals surface area contributed by atoms with Crippen molar-refractivity contribution < 1.29 is 19.4 Å². The molecular formula is C18H23NO4. The summed E-state index contributed by atoms with van der Waals surface area (Å²) in [5.41, 5.74) is 0.809. The lowest BCUT2D eigenvalue weighted by Crippen LogP contribution is -2.46. The molecule has 1 amide bonds. The molecule has 1 aliphatic carbocycles. The van der Waals surface area contributed by atoms with Crippen LogP contribution in [0.2, 0.25) is 0 Å². The molecule has 5 heteroatoms. The van der Waals surface area contributed by atoms with Crippen LogP contribution in [0.4, 0.5) is 0 Å². The molecule has 3 unspecified atom stereocenters. The van der Waals surface area contributed by atoms with Crippen LogP contribution in [0.25, 0.3) is 0 Å². The lowest BCUT2D eigenvalue weighted by atomic mass is 9.84. The van der Waals surface area contributed by atoms with Gasteiger partial charge in [-0.25, -0.2) is 4.79 Å². The highest BCUT2D eigenvalue weighted by atomic mass is 16.5. The summed E-state index contributed by atoms with van der Waals surface area (Å²) in [7, 11) is 1.58. The summed E-state index contributed by atoms with van der Waals surface area (Å²) in [6, 6.07) is 6.83. The highest BCUT2D eigenvalue weighted by molar-refractivity contribution is 5.86. The summed E-state index contributed by atoms with van der Waals surface area (Å²) in [5.74, 6) is 0.0302. The Labute approximate surface area is 136 Å². The monoisotopic (exact) mass is 317 g/mol. The number of methoxy groups -OCH3 is 1. The molecule has 1 aromatic rings. The Kier molecular flexibility index (Phi) is 4.55. The van der Waals surface area contributed by atoms with Crippen molar-refractivity contribution in [3.05, 3.63) is 29.8 Å². The molecule has 5 nitrogen and oxygen atoms in total. The van der Waals surface area contributed by atoms with E-state index < -0.39 is 12.0 Å². The number of rotatable bonds is 4. The van der Waals surface area contributed by atoms with Crippen molar-refractivity contribution in [3.63, 3.8) is 0 Å². The van der Waals surface area contributed by atoms with E-state index in [1.165, 1.54) is 0 Å². The second kappa shape index (κ2) is 6.60. The number of para-hydroxylation sites is 1. The van der Waals surface area contributed by atoms with Crippen LogP contribution in [-0.4, -0.2) is 41.1 Å². The molecule has 3 atom stereocenters. The van der Waals surface area contributed by atoms with Crippen LogP contribution in [0.1, 0.15) is 37.7 Å². The number of carbonyl (C=O) groups is 2. The average Bonchev–Trinajstić information content (AvgIpc) is 2.95. The molecule has 1 aromatic carbocycles. The van der Waals surface area contributed by atoms with E-state index in [1.54, 1.807) is 12.0 Å². The number of amides is 1. The topological polar surface area (TPSA) is 66.8 Å². The van der Waals surface area contributed by atoms with Crippen LogP contribution in [-0.2, 0) is 16.0 Å². The molecular weight excluding hydrogens is 294 g/mol.